The molecule has 0 amide bonds. The topological polar surface area (TPSA) is 209 Å². The van der Waals surface area contributed by atoms with Crippen molar-refractivity contribution >= 4 is 39.0 Å². The normalized spacial score (nSPS) is 11.4. The Morgan fingerprint density at radius 2 is 1.52 bits per heavy atom. The molecule has 0 fully saturated rings. The first-order valence-corrected chi connectivity index (χ1v) is 17.0. The number of rotatable bonds is 11. The molecular weight excluding hydrogens is 759 g/mol. The Morgan fingerprint density at radius 1 is 0.981 bits per heavy atom. The van der Waals surface area contributed by atoms with Crippen molar-refractivity contribution in [3.05, 3.63) is 84.1 Å². The van der Waals surface area contributed by atoms with Crippen molar-refractivity contribution in [2.75, 3.05) is 17.8 Å². The van der Waals surface area contributed by atoms with Crippen LogP contribution in [0.5, 0.6) is 11.5 Å². The molecule has 0 spiro atoms. The summed E-state index contributed by atoms with van der Waals surface area (Å²) in [4.78, 5) is 27.4. The second-order valence-electron chi connectivity index (χ2n) is 11.0. The van der Waals surface area contributed by atoms with E-state index in [1.165, 1.54) is 12.1 Å². The summed E-state index contributed by atoms with van der Waals surface area (Å²) in [6.07, 6.45) is -7.67. The molecule has 0 unspecified atom stereocenters. The molecule has 21 heteroatoms. The summed E-state index contributed by atoms with van der Waals surface area (Å²) in [6, 6.07) is 16.6. The van der Waals surface area contributed by atoms with Crippen molar-refractivity contribution < 1.29 is 68.4 Å². The zero-order chi connectivity index (χ0) is 41.2. The van der Waals surface area contributed by atoms with E-state index in [1.807, 2.05) is 20.8 Å². The molecule has 13 nitrogen and oxygen atoms in total. The molecule has 0 saturated heterocycles. The fraction of sp³-hybridized carbons (Fsp3) is 0.273. The van der Waals surface area contributed by atoms with E-state index in [2.05, 4.69) is 9.97 Å². The minimum atomic E-state index is -5.08. The van der Waals surface area contributed by atoms with Crippen LogP contribution in [0.2, 0.25) is 0 Å². The average molecular weight is 794 g/mol. The second-order valence-corrected chi connectivity index (χ2v) is 13.0. The van der Waals surface area contributed by atoms with Crippen LogP contribution in [0.15, 0.2) is 71.8 Å². The van der Waals surface area contributed by atoms with Crippen LogP contribution in [0.1, 0.15) is 32.2 Å². The molecule has 0 aliphatic rings. The Balaban J connectivity index is 0.000000610. The van der Waals surface area contributed by atoms with Crippen LogP contribution in [-0.4, -0.2) is 77.7 Å². The number of amidine groups is 1. The van der Waals surface area contributed by atoms with Gasteiger partial charge in [0.1, 0.15) is 17.4 Å². The Morgan fingerprint density at radius 3 is 1.98 bits per heavy atom. The molecule has 0 saturated carbocycles. The van der Waals surface area contributed by atoms with E-state index in [0.29, 0.717) is 40.7 Å². The highest BCUT2D eigenvalue weighted by Crippen LogP contribution is 2.38. The molecule has 4 rings (SSSR count). The lowest BCUT2D eigenvalue weighted by Crippen LogP contribution is -2.21. The third-order valence-corrected chi connectivity index (χ3v) is 7.59. The highest BCUT2D eigenvalue weighted by Gasteiger charge is 2.39. The molecule has 1 heterocycles. The number of aromatic amines is 1. The number of carboxylic acid groups (broad SMARTS) is 2. The Bertz CT molecular complexity index is 2010. The van der Waals surface area contributed by atoms with Crippen LogP contribution >= 0.6 is 0 Å². The fourth-order valence-electron chi connectivity index (χ4n) is 4.21. The maximum Gasteiger partial charge on any atom is 0.490 e. The Hall–Kier alpha value is -5.86. The number of imidazole rings is 1. The number of anilines is 2. The van der Waals surface area contributed by atoms with Gasteiger partial charge in [0.15, 0.2) is 21.4 Å². The van der Waals surface area contributed by atoms with E-state index < -0.39 is 39.9 Å². The number of H-pyrrole nitrogens is 1. The van der Waals surface area contributed by atoms with Gasteiger partial charge >= 0.3 is 24.3 Å². The van der Waals surface area contributed by atoms with Gasteiger partial charge in [0.2, 0.25) is 0 Å². The van der Waals surface area contributed by atoms with E-state index in [9.17, 15) is 34.8 Å². The monoisotopic (exact) mass is 793 g/mol. The van der Waals surface area contributed by atoms with Crippen molar-refractivity contribution in [1.29, 1.82) is 5.41 Å². The largest absolute Gasteiger partial charge is 0.494 e. The summed E-state index contributed by atoms with van der Waals surface area (Å²) < 4.78 is 116. The second kappa shape index (κ2) is 18.3. The number of nitrogen functional groups attached to an aromatic ring is 1. The lowest BCUT2D eigenvalue weighted by Gasteiger charge is -2.26. The van der Waals surface area contributed by atoms with E-state index in [1.54, 1.807) is 59.6 Å². The van der Waals surface area contributed by atoms with Crippen molar-refractivity contribution in [3.63, 3.8) is 0 Å². The number of aliphatic carboxylic acids is 2. The predicted octanol–water partition coefficient (Wildman–Crippen LogP) is 6.69. The molecule has 0 aliphatic carbocycles. The zero-order valence-electron chi connectivity index (χ0n) is 28.7. The summed E-state index contributed by atoms with van der Waals surface area (Å²) in [5.74, 6) is -5.25. The van der Waals surface area contributed by atoms with Crippen LogP contribution in [0.25, 0.3) is 11.3 Å². The molecular formula is C33H34F7N5O8S. The molecule has 3 aromatic carbocycles. The number of ether oxygens (including phenoxy) is 2. The van der Waals surface area contributed by atoms with Gasteiger partial charge in [-0.1, -0.05) is 18.2 Å². The number of benzene rings is 3. The SMILES string of the molecule is CCOc1cc(OC(C)C)c(F)c(N(Cc2nc(-c3ccccc3S(C)(=O)=O)c[nH]2)c2ccc(C(=N)N)cc2)c1.O=C(O)C(F)(F)F.O=C(O)C(F)(F)F. The molecule has 0 aliphatic heterocycles. The van der Waals surface area contributed by atoms with Crippen molar-refractivity contribution in [2.24, 2.45) is 5.73 Å². The van der Waals surface area contributed by atoms with Crippen LogP contribution < -0.4 is 20.1 Å². The minimum Gasteiger partial charge on any atom is -0.494 e. The maximum atomic E-state index is 16.0. The van der Waals surface area contributed by atoms with Gasteiger partial charge in [-0.15, -0.1) is 0 Å². The Kier molecular flexibility index (Phi) is 15.0. The number of aromatic nitrogens is 2. The fourth-order valence-corrected chi connectivity index (χ4v) is 5.11. The third-order valence-electron chi connectivity index (χ3n) is 6.43. The number of alkyl halides is 6. The van der Waals surface area contributed by atoms with Crippen LogP contribution in [0.3, 0.4) is 0 Å². The van der Waals surface area contributed by atoms with Gasteiger partial charge in [0.25, 0.3) is 0 Å². The summed E-state index contributed by atoms with van der Waals surface area (Å²) in [6.45, 7) is 5.92. The predicted molar refractivity (Wildman–Crippen MR) is 181 cm³/mol. The van der Waals surface area contributed by atoms with Crippen molar-refractivity contribution in [1.82, 2.24) is 9.97 Å². The highest BCUT2D eigenvalue weighted by atomic mass is 32.2. The molecule has 6 N–H and O–H groups in total. The molecule has 1 aromatic heterocycles. The van der Waals surface area contributed by atoms with Crippen molar-refractivity contribution in [2.45, 2.75) is 50.7 Å². The van der Waals surface area contributed by atoms with Crippen molar-refractivity contribution in [3.8, 4) is 22.8 Å². The number of nitrogens with two attached hydrogens (primary N) is 1. The van der Waals surface area contributed by atoms with E-state index >= 15 is 4.39 Å². The van der Waals surface area contributed by atoms with E-state index in [0.717, 1.165) is 6.26 Å². The standard InChI is InChI=1S/C29H32FN5O4S.2C2HF3O2/c1-5-38-21-14-24(28(30)25(15-21)39-18(2)3)35(20-12-10-19(11-13-20)29(31)32)17-27-33-16-23(34-27)22-8-6-7-9-26(22)40(4,36)37;2*3-2(4,5)1(6)7/h6-16,18H,5,17H2,1-4H3,(H3,31,32)(H,33,34);2*(H,6,7). The number of halogens is 7. The van der Waals surface area contributed by atoms with Gasteiger partial charge in [-0.2, -0.15) is 26.3 Å². The smallest absolute Gasteiger partial charge is 0.490 e. The van der Waals surface area contributed by atoms with E-state index in [-0.39, 0.29) is 34.8 Å². The summed E-state index contributed by atoms with van der Waals surface area (Å²) in [5, 5.41) is 22.0. The summed E-state index contributed by atoms with van der Waals surface area (Å²) in [5.41, 5.74) is 7.85. The maximum absolute atomic E-state index is 16.0. The van der Waals surface area contributed by atoms with E-state index in [4.69, 9.17) is 40.4 Å². The van der Waals surface area contributed by atoms with Crippen LogP contribution in [0, 0.1) is 11.2 Å². The van der Waals surface area contributed by atoms with Gasteiger partial charge in [-0.25, -0.2) is 27.4 Å². The third kappa shape index (κ3) is 13.0. The number of hydrogen-bond donors (Lipinski definition) is 5. The number of nitrogens with one attached hydrogen (secondary N) is 2. The number of hydrogen-bond acceptors (Lipinski definition) is 9. The Labute approximate surface area is 303 Å². The number of carboxylic acids is 2. The molecule has 0 radical (unpaired) electrons. The number of carbonyl (C=O) groups is 2. The first-order valence-electron chi connectivity index (χ1n) is 15.2. The van der Waals surface area contributed by atoms with Gasteiger partial charge in [-0.05, 0) is 51.1 Å². The lowest BCUT2D eigenvalue weighted by atomic mass is 10.1. The first kappa shape index (κ1) is 44.3. The lowest BCUT2D eigenvalue weighted by molar-refractivity contribution is -0.193. The number of nitrogens with zero attached hydrogens (tertiary/aromatic N) is 2. The summed E-state index contributed by atoms with van der Waals surface area (Å²) >= 11 is 0. The molecule has 54 heavy (non-hydrogen) atoms. The first-order chi connectivity index (χ1) is 24.9. The number of sulfone groups is 1. The minimum absolute atomic E-state index is 0.0449. The zero-order valence-corrected chi connectivity index (χ0v) is 29.5. The summed E-state index contributed by atoms with van der Waals surface area (Å²) in [7, 11) is -3.49. The molecule has 294 valence electrons. The molecule has 0 bridgehead atoms. The van der Waals surface area contributed by atoms with Gasteiger partial charge < -0.3 is 35.3 Å². The molecule has 0 atom stereocenters. The van der Waals surface area contributed by atoms with Gasteiger partial charge in [-0.3, -0.25) is 5.41 Å². The van der Waals surface area contributed by atoms with Crippen LogP contribution in [0.4, 0.5) is 42.1 Å². The average Bonchev–Trinajstić information content (AvgIpc) is 3.53. The van der Waals surface area contributed by atoms with Crippen LogP contribution in [-0.2, 0) is 26.0 Å². The van der Waals surface area contributed by atoms with Gasteiger partial charge in [0, 0.05) is 41.4 Å². The quantitative estimate of drug-likeness (QED) is 0.0614. The van der Waals surface area contributed by atoms with Gasteiger partial charge in [0.05, 0.1) is 35.5 Å². The molecule has 4 aromatic rings. The highest BCUT2D eigenvalue weighted by molar-refractivity contribution is 7.90.